The molecule has 0 saturated carbocycles. The van der Waals surface area contributed by atoms with Crippen LogP contribution in [0, 0.1) is 4.64 Å². The molecule has 0 spiro atoms. The number of hydrogen-bond donors (Lipinski definition) is 1. The molecule has 1 aromatic carbocycles. The van der Waals surface area contributed by atoms with Crippen LogP contribution in [0.4, 0.5) is 0 Å². The summed E-state index contributed by atoms with van der Waals surface area (Å²) in [7, 11) is 0. The molecule has 0 amide bonds. The van der Waals surface area contributed by atoms with Gasteiger partial charge in [-0.2, -0.15) is 0 Å². The van der Waals surface area contributed by atoms with E-state index in [1.54, 1.807) is 0 Å². The fraction of sp³-hybridized carbons (Fsp3) is 0.286. The highest BCUT2D eigenvalue weighted by Crippen LogP contribution is 2.27. The van der Waals surface area contributed by atoms with Crippen molar-refractivity contribution in [2.75, 3.05) is 0 Å². The Hall–Kier alpha value is -1.19. The lowest BCUT2D eigenvalue weighted by Crippen LogP contribution is -2.14. The average molecular weight is 279 g/mol. The number of H-pyrrole nitrogens is 1. The first kappa shape index (κ1) is 13.2. The van der Waals surface area contributed by atoms with E-state index >= 15 is 0 Å². The lowest BCUT2D eigenvalue weighted by molar-refractivity contribution is 0.567. The quantitative estimate of drug-likeness (QED) is 0.762. The summed E-state index contributed by atoms with van der Waals surface area (Å²) in [4.78, 5) is 7.67. The van der Waals surface area contributed by atoms with Crippen molar-refractivity contribution in [1.29, 1.82) is 0 Å². The highest BCUT2D eigenvalue weighted by Gasteiger charge is 2.16. The highest BCUT2D eigenvalue weighted by molar-refractivity contribution is 7.71. The van der Waals surface area contributed by atoms with Crippen molar-refractivity contribution in [2.24, 2.45) is 0 Å². The third kappa shape index (κ3) is 2.79. The normalized spacial score (nSPS) is 11.6. The third-order valence-corrected chi connectivity index (χ3v) is 3.22. The van der Waals surface area contributed by atoms with Crippen molar-refractivity contribution < 1.29 is 0 Å². The van der Waals surface area contributed by atoms with Crippen molar-refractivity contribution in [3.63, 3.8) is 0 Å². The van der Waals surface area contributed by atoms with Crippen LogP contribution in [-0.2, 0) is 5.41 Å². The molecule has 0 saturated heterocycles. The molecule has 1 heterocycles. The van der Waals surface area contributed by atoms with E-state index in [4.69, 9.17) is 23.8 Å². The van der Waals surface area contributed by atoms with Crippen LogP contribution >= 0.6 is 23.8 Å². The largest absolute Gasteiger partial charge is 0.343 e. The molecule has 2 aromatic rings. The van der Waals surface area contributed by atoms with E-state index in [2.05, 4.69) is 30.7 Å². The van der Waals surface area contributed by atoms with E-state index in [9.17, 15) is 0 Å². The summed E-state index contributed by atoms with van der Waals surface area (Å²) in [6, 6.07) is 9.51. The summed E-state index contributed by atoms with van der Waals surface area (Å²) >= 11 is 11.4. The van der Waals surface area contributed by atoms with Crippen LogP contribution in [0.2, 0.25) is 5.02 Å². The summed E-state index contributed by atoms with van der Waals surface area (Å²) < 4.78 is 0.577. The Morgan fingerprint density at radius 2 is 1.89 bits per heavy atom. The van der Waals surface area contributed by atoms with E-state index in [0.717, 1.165) is 17.1 Å². The van der Waals surface area contributed by atoms with Crippen LogP contribution in [0.1, 0.15) is 26.5 Å². The van der Waals surface area contributed by atoms with Gasteiger partial charge >= 0.3 is 0 Å². The minimum absolute atomic E-state index is 0.00743. The maximum atomic E-state index is 6.18. The molecule has 1 aromatic heterocycles. The van der Waals surface area contributed by atoms with Gasteiger partial charge in [-0.3, -0.25) is 0 Å². The molecule has 18 heavy (non-hydrogen) atoms. The lowest BCUT2D eigenvalue weighted by Gasteiger charge is -2.19. The van der Waals surface area contributed by atoms with Gasteiger partial charge in [0.1, 0.15) is 10.5 Å². The molecule has 0 aliphatic heterocycles. The maximum Gasteiger partial charge on any atom is 0.140 e. The van der Waals surface area contributed by atoms with Crippen LogP contribution in [-0.4, -0.2) is 9.97 Å². The molecule has 0 aliphatic carbocycles. The van der Waals surface area contributed by atoms with Crippen molar-refractivity contribution in [2.45, 2.75) is 26.2 Å². The van der Waals surface area contributed by atoms with Gasteiger partial charge in [0.15, 0.2) is 0 Å². The number of hydrogen-bond acceptors (Lipinski definition) is 2. The predicted octanol–water partition coefficient (Wildman–Crippen LogP) is 4.76. The van der Waals surface area contributed by atoms with Gasteiger partial charge in [-0.25, -0.2) is 4.98 Å². The predicted molar refractivity (Wildman–Crippen MR) is 78.6 cm³/mol. The van der Waals surface area contributed by atoms with E-state index in [-0.39, 0.29) is 5.41 Å². The Bertz CT molecular complexity index is 626. The minimum atomic E-state index is -0.00743. The van der Waals surface area contributed by atoms with E-state index in [0.29, 0.717) is 9.66 Å². The van der Waals surface area contributed by atoms with E-state index in [1.807, 2.05) is 30.3 Å². The molecule has 0 radical (unpaired) electrons. The van der Waals surface area contributed by atoms with Crippen molar-refractivity contribution in [3.8, 4) is 11.4 Å². The first-order valence-electron chi connectivity index (χ1n) is 5.75. The minimum Gasteiger partial charge on any atom is -0.343 e. The lowest BCUT2D eigenvalue weighted by atomic mass is 9.92. The first-order chi connectivity index (χ1) is 8.38. The van der Waals surface area contributed by atoms with Crippen LogP contribution < -0.4 is 0 Å². The number of aromatic amines is 1. The third-order valence-electron chi connectivity index (χ3n) is 2.68. The second kappa shape index (κ2) is 4.82. The van der Waals surface area contributed by atoms with Gasteiger partial charge < -0.3 is 4.98 Å². The van der Waals surface area contributed by atoms with Crippen molar-refractivity contribution >= 4 is 23.8 Å². The van der Waals surface area contributed by atoms with Gasteiger partial charge in [-0.15, -0.1) is 0 Å². The van der Waals surface area contributed by atoms with Crippen LogP contribution in [0.15, 0.2) is 30.3 Å². The Kier molecular flexibility index (Phi) is 3.55. The zero-order chi connectivity index (χ0) is 13.3. The van der Waals surface area contributed by atoms with Gasteiger partial charge in [0.25, 0.3) is 0 Å². The van der Waals surface area contributed by atoms with E-state index in [1.165, 1.54) is 0 Å². The number of nitrogens with zero attached hydrogens (tertiary/aromatic N) is 1. The Morgan fingerprint density at radius 1 is 1.22 bits per heavy atom. The topological polar surface area (TPSA) is 28.7 Å². The number of aromatic nitrogens is 2. The molecule has 0 atom stereocenters. The van der Waals surface area contributed by atoms with Crippen LogP contribution in [0.5, 0.6) is 0 Å². The molecule has 0 bridgehead atoms. The average Bonchev–Trinajstić information content (AvgIpc) is 2.27. The number of halogens is 1. The molecule has 0 unspecified atom stereocenters. The maximum absolute atomic E-state index is 6.18. The summed E-state index contributed by atoms with van der Waals surface area (Å²) in [5.41, 5.74) is 1.92. The highest BCUT2D eigenvalue weighted by atomic mass is 35.5. The van der Waals surface area contributed by atoms with Gasteiger partial charge in [0.05, 0.1) is 5.02 Å². The molecule has 0 aliphatic rings. The molecule has 0 fully saturated rings. The standard InChI is InChI=1S/C14H15ClN2S/c1-14(2,3)11-8-12(18)17-13(16-11)9-6-4-5-7-10(9)15/h4-8H,1-3H3,(H,16,17,18). The van der Waals surface area contributed by atoms with Crippen LogP contribution in [0.25, 0.3) is 11.4 Å². The summed E-state index contributed by atoms with van der Waals surface area (Å²) in [5.74, 6) is 0.720. The summed E-state index contributed by atoms with van der Waals surface area (Å²) in [6.45, 7) is 6.39. The van der Waals surface area contributed by atoms with Gasteiger partial charge in [-0.1, -0.05) is 56.7 Å². The second-order valence-corrected chi connectivity index (χ2v) is 6.04. The van der Waals surface area contributed by atoms with Crippen molar-refractivity contribution in [3.05, 3.63) is 45.7 Å². The fourth-order valence-electron chi connectivity index (χ4n) is 1.64. The molecule has 2 nitrogen and oxygen atoms in total. The summed E-state index contributed by atoms with van der Waals surface area (Å²) in [5, 5.41) is 0.668. The van der Waals surface area contributed by atoms with Gasteiger partial charge in [0.2, 0.25) is 0 Å². The molecule has 94 valence electrons. The zero-order valence-electron chi connectivity index (χ0n) is 10.6. The molecule has 2 rings (SSSR count). The second-order valence-electron chi connectivity index (χ2n) is 5.21. The van der Waals surface area contributed by atoms with E-state index < -0.39 is 0 Å². The zero-order valence-corrected chi connectivity index (χ0v) is 12.2. The Balaban J connectivity index is 2.63. The van der Waals surface area contributed by atoms with Crippen LogP contribution in [0.3, 0.4) is 0 Å². The first-order valence-corrected chi connectivity index (χ1v) is 6.53. The molecule has 1 N–H and O–H groups in total. The summed E-state index contributed by atoms with van der Waals surface area (Å²) in [6.07, 6.45) is 0. The van der Waals surface area contributed by atoms with Gasteiger partial charge in [-0.05, 0) is 18.2 Å². The number of rotatable bonds is 1. The number of nitrogens with one attached hydrogen (secondary N) is 1. The number of benzene rings is 1. The SMILES string of the molecule is CC(C)(C)c1cc(=S)nc(-c2ccccc2Cl)[nH]1. The molecular formula is C14H15ClN2S. The monoisotopic (exact) mass is 278 g/mol. The fourth-order valence-corrected chi connectivity index (χ4v) is 2.08. The van der Waals surface area contributed by atoms with Crippen molar-refractivity contribution in [1.82, 2.24) is 9.97 Å². The molecule has 4 heteroatoms. The molecular weight excluding hydrogens is 264 g/mol. The Morgan fingerprint density at radius 3 is 2.50 bits per heavy atom. The Labute approximate surface area is 117 Å². The smallest absolute Gasteiger partial charge is 0.140 e. The van der Waals surface area contributed by atoms with Gasteiger partial charge in [0, 0.05) is 16.7 Å².